The molecule has 4 fully saturated rings. The zero-order chi connectivity index (χ0) is 22.0. The van der Waals surface area contributed by atoms with E-state index < -0.39 is 35.3 Å². The van der Waals surface area contributed by atoms with Crippen LogP contribution in [0.15, 0.2) is 35.1 Å². The first-order valence-electron chi connectivity index (χ1n) is 10.2. The third kappa shape index (κ3) is 3.05. The van der Waals surface area contributed by atoms with Crippen molar-refractivity contribution in [1.82, 2.24) is 5.32 Å². The number of allylic oxidation sites excluding steroid dienone is 3. The Morgan fingerprint density at radius 2 is 1.90 bits per heavy atom. The molecule has 4 unspecified atom stereocenters. The van der Waals surface area contributed by atoms with Crippen molar-refractivity contribution in [3.05, 3.63) is 35.1 Å². The molecular formula is C22H27NO7. The lowest BCUT2D eigenvalue weighted by Gasteiger charge is -2.51. The summed E-state index contributed by atoms with van der Waals surface area (Å²) < 4.78 is 18.0. The molecule has 4 aliphatic heterocycles. The van der Waals surface area contributed by atoms with Crippen LogP contribution in [0, 0.1) is 11.8 Å². The van der Waals surface area contributed by atoms with E-state index in [1.165, 1.54) is 6.08 Å². The van der Waals surface area contributed by atoms with Crippen LogP contribution in [0.25, 0.3) is 0 Å². The monoisotopic (exact) mass is 417 g/mol. The third-order valence-corrected chi connectivity index (χ3v) is 6.67. The Hall–Kier alpha value is -2.29. The van der Waals surface area contributed by atoms with Crippen molar-refractivity contribution < 1.29 is 33.7 Å². The molecule has 162 valence electrons. The van der Waals surface area contributed by atoms with Gasteiger partial charge in [-0.25, -0.2) is 0 Å². The van der Waals surface area contributed by atoms with Gasteiger partial charge >= 0.3 is 0 Å². The van der Waals surface area contributed by atoms with Crippen LogP contribution in [0.2, 0.25) is 0 Å². The average molecular weight is 417 g/mol. The minimum absolute atomic E-state index is 0.0281. The van der Waals surface area contributed by atoms with Gasteiger partial charge in [-0.3, -0.25) is 14.4 Å². The fourth-order valence-corrected chi connectivity index (χ4v) is 4.67. The van der Waals surface area contributed by atoms with Gasteiger partial charge in [-0.15, -0.1) is 0 Å². The van der Waals surface area contributed by atoms with Crippen molar-refractivity contribution in [2.75, 3.05) is 6.54 Å². The minimum Gasteiger partial charge on any atom is -0.507 e. The highest BCUT2D eigenvalue weighted by atomic mass is 16.8. The second-order valence-corrected chi connectivity index (χ2v) is 8.90. The maximum Gasteiger partial charge on any atom is 0.259 e. The number of ketones is 2. The van der Waals surface area contributed by atoms with Crippen LogP contribution in [0.5, 0.6) is 0 Å². The van der Waals surface area contributed by atoms with E-state index in [4.69, 9.17) is 14.2 Å². The van der Waals surface area contributed by atoms with Crippen molar-refractivity contribution in [2.24, 2.45) is 11.8 Å². The highest BCUT2D eigenvalue weighted by Gasteiger charge is 2.76. The molecule has 0 aromatic carbocycles. The molecule has 30 heavy (non-hydrogen) atoms. The van der Waals surface area contributed by atoms with Gasteiger partial charge in [-0.1, -0.05) is 31.6 Å². The van der Waals surface area contributed by atoms with Gasteiger partial charge in [0.05, 0.1) is 12.6 Å². The van der Waals surface area contributed by atoms with Crippen LogP contribution >= 0.6 is 0 Å². The van der Waals surface area contributed by atoms with Gasteiger partial charge in [0.1, 0.15) is 17.4 Å². The summed E-state index contributed by atoms with van der Waals surface area (Å²) >= 11 is 0. The average Bonchev–Trinajstić information content (AvgIpc) is 3.29. The summed E-state index contributed by atoms with van der Waals surface area (Å²) in [6.45, 7) is 9.34. The fourth-order valence-electron chi connectivity index (χ4n) is 4.67. The van der Waals surface area contributed by atoms with Gasteiger partial charge in [-0.2, -0.15) is 0 Å². The zero-order valence-corrected chi connectivity index (χ0v) is 17.7. The van der Waals surface area contributed by atoms with Gasteiger partial charge in [0.25, 0.3) is 5.91 Å². The van der Waals surface area contributed by atoms with Gasteiger partial charge in [0.15, 0.2) is 29.1 Å². The lowest BCUT2D eigenvalue weighted by Crippen LogP contribution is -2.66. The molecule has 0 aliphatic carbocycles. The van der Waals surface area contributed by atoms with Gasteiger partial charge < -0.3 is 24.6 Å². The van der Waals surface area contributed by atoms with Crippen molar-refractivity contribution in [3.8, 4) is 0 Å². The number of Topliss-reactive ketones (excluding diaryl/α,β-unsaturated/α-hetero) is 2. The Morgan fingerprint density at radius 3 is 2.53 bits per heavy atom. The molecule has 4 aliphatic rings. The maximum atomic E-state index is 12.7. The fraction of sp³-hybridized carbons (Fsp3) is 0.591. The van der Waals surface area contributed by atoms with Gasteiger partial charge in [0, 0.05) is 11.8 Å². The highest BCUT2D eigenvalue weighted by molar-refractivity contribution is 6.25. The normalized spacial score (nSPS) is 43.5. The minimum atomic E-state index is -0.988. The molecule has 8 nitrogen and oxygen atoms in total. The summed E-state index contributed by atoms with van der Waals surface area (Å²) in [4.78, 5) is 36.0. The summed E-state index contributed by atoms with van der Waals surface area (Å²) in [6, 6.07) is 0. The lowest BCUT2D eigenvalue weighted by molar-refractivity contribution is -0.350. The highest BCUT2D eigenvalue weighted by Crippen LogP contribution is 2.57. The number of epoxide rings is 1. The SMILES string of the molecule is CC(/C=C/C(O)=C1/C(=O)CNC1=O)=C\[C@@H](C)C1OC2(C)OC(C(=O)[C@@H]3O[C@@]32C)C1C. The number of hydrogen-bond donors (Lipinski definition) is 2. The number of fused-ring (bicyclic) bond motifs is 4. The molecule has 0 spiro atoms. The zero-order valence-electron chi connectivity index (χ0n) is 17.7. The van der Waals surface area contributed by atoms with E-state index in [1.807, 2.05) is 40.7 Å². The molecule has 2 bridgehead atoms. The molecule has 4 saturated heterocycles. The number of aliphatic hydroxyl groups excluding tert-OH is 1. The molecule has 4 rings (SSSR count). The number of carbonyl (C=O) groups excluding carboxylic acids is 3. The predicted octanol–water partition coefficient (Wildman–Crippen LogP) is 1.51. The van der Waals surface area contributed by atoms with Crippen molar-refractivity contribution >= 4 is 17.5 Å². The van der Waals surface area contributed by atoms with E-state index in [-0.39, 0.29) is 41.6 Å². The standard InChI is InChI=1S/C22H27NO7/c1-10(6-7-13(24)15-14(25)9-23-20(15)27)8-11(2)17-12(3)18-16(26)19-21(4,30-19)22(5,28-17)29-18/h6-8,11-12,17-19,24H,9H2,1-5H3,(H,23,27)/b7-6+,10-8+,15-13+/t11-,12?,17?,18?,19+,21+,22?/m1/s1. The molecule has 4 heterocycles. The van der Waals surface area contributed by atoms with Crippen molar-refractivity contribution in [2.45, 2.75) is 64.3 Å². The van der Waals surface area contributed by atoms with E-state index in [9.17, 15) is 19.5 Å². The number of hydrogen-bond acceptors (Lipinski definition) is 7. The predicted molar refractivity (Wildman–Crippen MR) is 105 cm³/mol. The summed E-state index contributed by atoms with van der Waals surface area (Å²) in [5, 5.41) is 12.5. The van der Waals surface area contributed by atoms with Crippen molar-refractivity contribution in [1.29, 1.82) is 0 Å². The second kappa shape index (κ2) is 6.87. The van der Waals surface area contributed by atoms with Gasteiger partial charge in [-0.05, 0) is 26.8 Å². The van der Waals surface area contributed by atoms with E-state index in [0.29, 0.717) is 0 Å². The molecule has 0 aromatic heterocycles. The van der Waals surface area contributed by atoms with E-state index in [1.54, 1.807) is 6.08 Å². The third-order valence-electron chi connectivity index (χ3n) is 6.67. The Balaban J connectivity index is 1.51. The maximum absolute atomic E-state index is 12.7. The van der Waals surface area contributed by atoms with Crippen LogP contribution in [-0.4, -0.2) is 58.8 Å². The van der Waals surface area contributed by atoms with E-state index in [2.05, 4.69) is 5.32 Å². The largest absolute Gasteiger partial charge is 0.507 e. The summed E-state index contributed by atoms with van der Waals surface area (Å²) in [5.74, 6) is -2.59. The summed E-state index contributed by atoms with van der Waals surface area (Å²) in [5.41, 5.74) is -0.167. The van der Waals surface area contributed by atoms with Crippen LogP contribution in [-0.2, 0) is 28.6 Å². The molecule has 2 N–H and O–H groups in total. The first-order valence-corrected chi connectivity index (χ1v) is 10.2. The molecule has 1 amide bonds. The number of carbonyl (C=O) groups is 3. The van der Waals surface area contributed by atoms with E-state index >= 15 is 0 Å². The topological polar surface area (TPSA) is 114 Å². The molecular weight excluding hydrogens is 390 g/mol. The Labute approximate surface area is 174 Å². The lowest BCUT2D eigenvalue weighted by atomic mass is 9.78. The number of ether oxygens (including phenoxy) is 3. The first kappa shape index (κ1) is 21.0. The summed E-state index contributed by atoms with van der Waals surface area (Å²) in [7, 11) is 0. The number of rotatable bonds is 4. The van der Waals surface area contributed by atoms with E-state index in [0.717, 1.165) is 5.57 Å². The summed E-state index contributed by atoms with van der Waals surface area (Å²) in [6.07, 6.45) is 3.64. The second-order valence-electron chi connectivity index (χ2n) is 8.90. The number of amides is 1. The van der Waals surface area contributed by atoms with Crippen LogP contribution < -0.4 is 5.32 Å². The Bertz CT molecular complexity index is 900. The smallest absolute Gasteiger partial charge is 0.259 e. The molecule has 0 saturated carbocycles. The molecule has 0 radical (unpaired) electrons. The Morgan fingerprint density at radius 1 is 1.20 bits per heavy atom. The quantitative estimate of drug-likeness (QED) is 0.234. The van der Waals surface area contributed by atoms with Crippen LogP contribution in [0.3, 0.4) is 0 Å². The Kier molecular flexibility index (Phi) is 4.80. The number of nitrogens with one attached hydrogen (secondary N) is 1. The molecule has 7 atom stereocenters. The van der Waals surface area contributed by atoms with Crippen LogP contribution in [0.1, 0.15) is 34.6 Å². The van der Waals surface area contributed by atoms with Gasteiger partial charge in [0.2, 0.25) is 0 Å². The first-order chi connectivity index (χ1) is 14.0. The van der Waals surface area contributed by atoms with Crippen LogP contribution in [0.4, 0.5) is 0 Å². The molecule has 8 heteroatoms. The molecule has 0 aromatic rings. The van der Waals surface area contributed by atoms with Crippen molar-refractivity contribution in [3.63, 3.8) is 0 Å². The number of aliphatic hydroxyl groups is 1.